The van der Waals surface area contributed by atoms with Gasteiger partial charge in [-0.3, -0.25) is 4.79 Å². The number of aliphatic hydroxyl groups is 1. The second-order valence-electron chi connectivity index (χ2n) is 6.61. The summed E-state index contributed by atoms with van der Waals surface area (Å²) in [6.45, 7) is 1.86. The lowest BCUT2D eigenvalue weighted by atomic mass is 9.80. The molecule has 0 bridgehead atoms. The van der Waals surface area contributed by atoms with E-state index in [0.717, 1.165) is 12.8 Å². The first-order valence-electron chi connectivity index (χ1n) is 7.75. The molecule has 1 aromatic carbocycles. The van der Waals surface area contributed by atoms with Crippen molar-refractivity contribution in [1.29, 1.82) is 0 Å². The molecule has 23 heavy (non-hydrogen) atoms. The summed E-state index contributed by atoms with van der Waals surface area (Å²) in [6, 6.07) is 6.10. The van der Waals surface area contributed by atoms with E-state index in [-0.39, 0.29) is 23.5 Å². The van der Waals surface area contributed by atoms with Crippen molar-refractivity contribution in [2.45, 2.75) is 12.8 Å². The molecule has 126 valence electrons. The van der Waals surface area contributed by atoms with Gasteiger partial charge in [0, 0.05) is 30.6 Å². The number of likely N-dealkylation sites (tertiary alicyclic amines) is 1. The molecular formula is C17H24N2O4. The van der Waals surface area contributed by atoms with Gasteiger partial charge in [-0.25, -0.2) is 4.79 Å². The van der Waals surface area contributed by atoms with Gasteiger partial charge < -0.3 is 20.0 Å². The van der Waals surface area contributed by atoms with Crippen molar-refractivity contribution in [1.82, 2.24) is 9.80 Å². The molecule has 1 amide bonds. The van der Waals surface area contributed by atoms with E-state index in [1.54, 1.807) is 17.0 Å². The molecule has 0 unspecified atom stereocenters. The number of carboxylic acid groups (broad SMARTS) is 1. The van der Waals surface area contributed by atoms with E-state index in [2.05, 4.69) is 0 Å². The first-order valence-corrected chi connectivity index (χ1v) is 7.75. The van der Waals surface area contributed by atoms with Gasteiger partial charge >= 0.3 is 5.97 Å². The van der Waals surface area contributed by atoms with Gasteiger partial charge in [-0.1, -0.05) is 6.07 Å². The van der Waals surface area contributed by atoms with Crippen LogP contribution in [0.25, 0.3) is 0 Å². The number of aromatic carboxylic acids is 1. The minimum atomic E-state index is -1.05. The van der Waals surface area contributed by atoms with Crippen molar-refractivity contribution >= 4 is 11.9 Å². The fraction of sp³-hybridized carbons (Fsp3) is 0.529. The van der Waals surface area contributed by atoms with Crippen LogP contribution in [0.4, 0.5) is 0 Å². The molecule has 0 saturated carbocycles. The maximum atomic E-state index is 12.7. The molecule has 1 aromatic rings. The Kier molecular flexibility index (Phi) is 5.38. The molecule has 2 N–H and O–H groups in total. The number of carbonyl (C=O) groups excluding carboxylic acids is 1. The van der Waals surface area contributed by atoms with Gasteiger partial charge in [0.25, 0.3) is 5.91 Å². The Morgan fingerprint density at radius 3 is 2.61 bits per heavy atom. The molecule has 1 aliphatic rings. The van der Waals surface area contributed by atoms with Crippen LogP contribution in [0.5, 0.6) is 0 Å². The number of benzene rings is 1. The van der Waals surface area contributed by atoms with Gasteiger partial charge in [0.1, 0.15) is 0 Å². The average molecular weight is 320 g/mol. The lowest BCUT2D eigenvalue weighted by Crippen LogP contribution is -2.51. The van der Waals surface area contributed by atoms with Crippen molar-refractivity contribution in [3.8, 4) is 0 Å². The van der Waals surface area contributed by atoms with Crippen LogP contribution < -0.4 is 0 Å². The Bertz CT molecular complexity index is 588. The average Bonchev–Trinajstić information content (AvgIpc) is 2.53. The molecule has 1 fully saturated rings. The van der Waals surface area contributed by atoms with Crippen LogP contribution >= 0.6 is 0 Å². The molecule has 0 aliphatic carbocycles. The number of carbonyl (C=O) groups is 2. The van der Waals surface area contributed by atoms with Crippen LogP contribution in [0, 0.1) is 5.41 Å². The van der Waals surface area contributed by atoms with Gasteiger partial charge in [-0.2, -0.15) is 0 Å². The summed E-state index contributed by atoms with van der Waals surface area (Å²) < 4.78 is 0. The van der Waals surface area contributed by atoms with Gasteiger partial charge in [0.05, 0.1) is 12.2 Å². The van der Waals surface area contributed by atoms with E-state index in [1.807, 2.05) is 19.0 Å². The van der Waals surface area contributed by atoms with E-state index < -0.39 is 5.97 Å². The largest absolute Gasteiger partial charge is 0.478 e. The maximum absolute atomic E-state index is 12.7. The van der Waals surface area contributed by atoms with Crippen LogP contribution in [-0.2, 0) is 0 Å². The fourth-order valence-corrected chi connectivity index (χ4v) is 3.33. The SMILES string of the molecule is CN(C)C[C@]1(CO)CCCN(C(=O)c2cccc(C(=O)O)c2)C1. The summed E-state index contributed by atoms with van der Waals surface area (Å²) in [5.41, 5.74) is 0.167. The summed E-state index contributed by atoms with van der Waals surface area (Å²) in [7, 11) is 3.91. The summed E-state index contributed by atoms with van der Waals surface area (Å²) in [5.74, 6) is -1.22. The molecule has 6 nitrogen and oxygen atoms in total. The van der Waals surface area contributed by atoms with Crippen LogP contribution in [-0.4, -0.2) is 72.2 Å². The highest BCUT2D eigenvalue weighted by molar-refractivity contribution is 5.97. The predicted molar refractivity (Wildman–Crippen MR) is 86.6 cm³/mol. The summed E-state index contributed by atoms with van der Waals surface area (Å²) >= 11 is 0. The quantitative estimate of drug-likeness (QED) is 0.851. The fourth-order valence-electron chi connectivity index (χ4n) is 3.33. The number of piperidine rings is 1. The molecular weight excluding hydrogens is 296 g/mol. The maximum Gasteiger partial charge on any atom is 0.335 e. The highest BCUT2D eigenvalue weighted by atomic mass is 16.4. The first kappa shape index (κ1) is 17.4. The number of amides is 1. The Labute approximate surface area is 136 Å². The second-order valence-corrected chi connectivity index (χ2v) is 6.61. The standard InChI is InChI=1S/C17H24N2O4/c1-18(2)10-17(12-20)7-4-8-19(11-17)15(21)13-5-3-6-14(9-13)16(22)23/h3,5-6,9,20H,4,7-8,10-12H2,1-2H3,(H,22,23)/t17-/m1/s1. The smallest absolute Gasteiger partial charge is 0.335 e. The molecule has 6 heteroatoms. The number of rotatable bonds is 5. The van der Waals surface area contributed by atoms with Gasteiger partial charge in [0.2, 0.25) is 0 Å². The van der Waals surface area contributed by atoms with E-state index in [0.29, 0.717) is 25.2 Å². The van der Waals surface area contributed by atoms with E-state index in [4.69, 9.17) is 5.11 Å². The molecule has 1 aliphatic heterocycles. The monoisotopic (exact) mass is 320 g/mol. The van der Waals surface area contributed by atoms with Crippen molar-refractivity contribution in [2.24, 2.45) is 5.41 Å². The number of aliphatic hydroxyl groups excluding tert-OH is 1. The second kappa shape index (κ2) is 7.10. The van der Waals surface area contributed by atoms with Crippen LogP contribution in [0.15, 0.2) is 24.3 Å². The third-order valence-corrected chi connectivity index (χ3v) is 4.29. The molecule has 1 atom stereocenters. The Hall–Kier alpha value is -1.92. The number of carboxylic acids is 1. The third-order valence-electron chi connectivity index (χ3n) is 4.29. The lowest BCUT2D eigenvalue weighted by molar-refractivity contribution is 0.0138. The number of nitrogens with zero attached hydrogens (tertiary/aromatic N) is 2. The van der Waals surface area contributed by atoms with Crippen LogP contribution in [0.3, 0.4) is 0 Å². The molecule has 0 aromatic heterocycles. The zero-order chi connectivity index (χ0) is 17.0. The van der Waals surface area contributed by atoms with Crippen molar-refractivity contribution < 1.29 is 19.8 Å². The molecule has 0 spiro atoms. The normalized spacial score (nSPS) is 21.5. The number of hydrogen-bond acceptors (Lipinski definition) is 4. The summed E-state index contributed by atoms with van der Waals surface area (Å²) in [4.78, 5) is 27.5. The molecule has 1 heterocycles. The summed E-state index contributed by atoms with van der Waals surface area (Å²) in [6.07, 6.45) is 1.71. The molecule has 2 rings (SSSR count). The van der Waals surface area contributed by atoms with Gasteiger partial charge in [0.15, 0.2) is 0 Å². The first-order chi connectivity index (χ1) is 10.9. The Morgan fingerprint density at radius 1 is 1.30 bits per heavy atom. The van der Waals surface area contributed by atoms with Crippen molar-refractivity contribution in [3.05, 3.63) is 35.4 Å². The topological polar surface area (TPSA) is 81.1 Å². The van der Waals surface area contributed by atoms with Crippen LogP contribution in [0.1, 0.15) is 33.6 Å². The van der Waals surface area contributed by atoms with Crippen molar-refractivity contribution in [3.63, 3.8) is 0 Å². The van der Waals surface area contributed by atoms with Gasteiger partial charge in [-0.15, -0.1) is 0 Å². The molecule has 0 radical (unpaired) electrons. The van der Waals surface area contributed by atoms with E-state index in [1.165, 1.54) is 12.1 Å². The van der Waals surface area contributed by atoms with Crippen LogP contribution in [0.2, 0.25) is 0 Å². The van der Waals surface area contributed by atoms with E-state index >= 15 is 0 Å². The zero-order valence-electron chi connectivity index (χ0n) is 13.7. The summed E-state index contributed by atoms with van der Waals surface area (Å²) in [5, 5.41) is 18.9. The van der Waals surface area contributed by atoms with Gasteiger partial charge in [-0.05, 0) is 45.1 Å². The number of hydrogen-bond donors (Lipinski definition) is 2. The zero-order valence-corrected chi connectivity index (χ0v) is 13.7. The highest BCUT2D eigenvalue weighted by Gasteiger charge is 2.37. The lowest BCUT2D eigenvalue weighted by Gasteiger charge is -2.43. The van der Waals surface area contributed by atoms with E-state index in [9.17, 15) is 14.7 Å². The minimum absolute atomic E-state index is 0.0319. The third kappa shape index (κ3) is 4.09. The predicted octanol–water partition coefficient (Wildman–Crippen LogP) is 1.16. The highest BCUT2D eigenvalue weighted by Crippen LogP contribution is 2.31. The Balaban J connectivity index is 2.19. The Morgan fingerprint density at radius 2 is 2.00 bits per heavy atom. The minimum Gasteiger partial charge on any atom is -0.478 e. The molecule has 1 saturated heterocycles. The van der Waals surface area contributed by atoms with Crippen molar-refractivity contribution in [2.75, 3.05) is 40.3 Å².